The molecule has 0 aromatic heterocycles. The lowest BCUT2D eigenvalue weighted by Gasteiger charge is -2.07. The average molecular weight is 267 g/mol. The first kappa shape index (κ1) is 17.5. The van der Waals surface area contributed by atoms with Crippen LogP contribution in [0.1, 0.15) is 40.0 Å². The summed E-state index contributed by atoms with van der Waals surface area (Å²) in [6.45, 7) is 7.92. The zero-order valence-electron chi connectivity index (χ0n) is 12.2. The fourth-order valence-electron chi connectivity index (χ4n) is 1.22. The molecule has 0 bridgehead atoms. The lowest BCUT2D eigenvalue weighted by atomic mass is 10.3. The molecule has 0 aliphatic rings. The molecule has 2 N–H and O–H groups in total. The lowest BCUT2D eigenvalue weighted by Crippen LogP contribution is -2.28. The van der Waals surface area contributed by atoms with Crippen LogP contribution in [0.5, 0.6) is 0 Å². The molecule has 0 aromatic carbocycles. The van der Waals surface area contributed by atoms with Crippen molar-refractivity contribution < 1.29 is 9.53 Å². The highest BCUT2D eigenvalue weighted by molar-refractivity contribution is 5.97. The standard InChI is InChI=1S/C14H25N3O2/c1-4-5-8-19-9-6-7-16-14(18)13(10-15)11-17-12(2)3/h11-12,17H,4-9H2,1-3H3,(H,16,18)/b13-11-. The summed E-state index contributed by atoms with van der Waals surface area (Å²) in [6.07, 6.45) is 4.40. The molecule has 0 fully saturated rings. The summed E-state index contributed by atoms with van der Waals surface area (Å²) >= 11 is 0. The van der Waals surface area contributed by atoms with Gasteiger partial charge in [-0.2, -0.15) is 5.26 Å². The van der Waals surface area contributed by atoms with Crippen molar-refractivity contribution in [2.24, 2.45) is 0 Å². The molecule has 5 nitrogen and oxygen atoms in total. The summed E-state index contributed by atoms with van der Waals surface area (Å²) in [5.41, 5.74) is 0.0978. The van der Waals surface area contributed by atoms with E-state index in [0.29, 0.717) is 13.2 Å². The molecule has 0 aliphatic heterocycles. The summed E-state index contributed by atoms with van der Waals surface area (Å²) in [7, 11) is 0. The molecule has 5 heteroatoms. The van der Waals surface area contributed by atoms with Gasteiger partial charge < -0.3 is 15.4 Å². The van der Waals surface area contributed by atoms with E-state index < -0.39 is 0 Å². The molecule has 1 amide bonds. The highest BCUT2D eigenvalue weighted by Crippen LogP contribution is 1.93. The largest absolute Gasteiger partial charge is 0.387 e. The molecule has 0 rings (SSSR count). The maximum absolute atomic E-state index is 11.6. The fourth-order valence-corrected chi connectivity index (χ4v) is 1.22. The van der Waals surface area contributed by atoms with Gasteiger partial charge in [0.25, 0.3) is 5.91 Å². The Morgan fingerprint density at radius 3 is 2.63 bits per heavy atom. The number of amides is 1. The number of nitrogens with one attached hydrogen (secondary N) is 2. The second kappa shape index (κ2) is 11.5. The molecule has 0 saturated heterocycles. The molecule has 108 valence electrons. The first-order chi connectivity index (χ1) is 9.11. The highest BCUT2D eigenvalue weighted by Gasteiger charge is 2.07. The molecule has 0 aliphatic carbocycles. The third-order valence-corrected chi connectivity index (χ3v) is 2.32. The van der Waals surface area contributed by atoms with Gasteiger partial charge in [0.05, 0.1) is 0 Å². The monoisotopic (exact) mass is 267 g/mol. The number of nitriles is 1. The molecule has 0 heterocycles. The van der Waals surface area contributed by atoms with Crippen LogP contribution in [0.15, 0.2) is 11.8 Å². The Kier molecular flexibility index (Phi) is 10.6. The van der Waals surface area contributed by atoms with Gasteiger partial charge in [0.15, 0.2) is 0 Å². The van der Waals surface area contributed by atoms with Gasteiger partial charge in [-0.15, -0.1) is 0 Å². The minimum atomic E-state index is -0.343. The van der Waals surface area contributed by atoms with Crippen molar-refractivity contribution in [3.8, 4) is 6.07 Å². The Morgan fingerprint density at radius 1 is 1.37 bits per heavy atom. The lowest BCUT2D eigenvalue weighted by molar-refractivity contribution is -0.117. The number of hydrogen-bond donors (Lipinski definition) is 2. The highest BCUT2D eigenvalue weighted by atomic mass is 16.5. The number of carbonyl (C=O) groups excluding carboxylic acids is 1. The van der Waals surface area contributed by atoms with E-state index >= 15 is 0 Å². The molecular formula is C14H25N3O2. The molecule has 0 saturated carbocycles. The van der Waals surface area contributed by atoms with E-state index in [0.717, 1.165) is 25.9 Å². The predicted molar refractivity (Wildman–Crippen MR) is 75.3 cm³/mol. The van der Waals surface area contributed by atoms with Crippen molar-refractivity contribution >= 4 is 5.91 Å². The van der Waals surface area contributed by atoms with E-state index in [1.54, 1.807) is 0 Å². The van der Waals surface area contributed by atoms with E-state index in [-0.39, 0.29) is 17.5 Å². The Labute approximate surface area is 116 Å². The minimum absolute atomic E-state index is 0.0978. The number of hydrogen-bond acceptors (Lipinski definition) is 4. The zero-order chi connectivity index (χ0) is 14.5. The normalized spacial score (nSPS) is 11.2. The topological polar surface area (TPSA) is 74.1 Å². The van der Waals surface area contributed by atoms with Gasteiger partial charge in [-0.3, -0.25) is 4.79 Å². The van der Waals surface area contributed by atoms with Crippen molar-refractivity contribution in [1.82, 2.24) is 10.6 Å². The number of unbranched alkanes of at least 4 members (excludes halogenated alkanes) is 1. The smallest absolute Gasteiger partial charge is 0.263 e. The summed E-state index contributed by atoms with van der Waals surface area (Å²) in [4.78, 5) is 11.6. The van der Waals surface area contributed by atoms with E-state index in [4.69, 9.17) is 10.00 Å². The van der Waals surface area contributed by atoms with E-state index in [1.165, 1.54) is 6.20 Å². The van der Waals surface area contributed by atoms with Gasteiger partial charge in [0, 0.05) is 32.0 Å². The van der Waals surface area contributed by atoms with Crippen LogP contribution >= 0.6 is 0 Å². The molecule has 0 atom stereocenters. The van der Waals surface area contributed by atoms with Crippen LogP contribution in [0.25, 0.3) is 0 Å². The van der Waals surface area contributed by atoms with Crippen molar-refractivity contribution in [3.63, 3.8) is 0 Å². The molecule has 0 radical (unpaired) electrons. The Morgan fingerprint density at radius 2 is 2.05 bits per heavy atom. The maximum Gasteiger partial charge on any atom is 0.263 e. The van der Waals surface area contributed by atoms with E-state index in [1.807, 2.05) is 19.9 Å². The fraction of sp³-hybridized carbons (Fsp3) is 0.714. The van der Waals surface area contributed by atoms with Crippen molar-refractivity contribution in [3.05, 3.63) is 11.8 Å². The number of ether oxygens (including phenoxy) is 1. The van der Waals surface area contributed by atoms with Crippen LogP contribution in [0.4, 0.5) is 0 Å². The number of rotatable bonds is 10. The predicted octanol–water partition coefficient (Wildman–Crippen LogP) is 1.71. The van der Waals surface area contributed by atoms with Crippen LogP contribution in [-0.4, -0.2) is 31.7 Å². The molecule has 0 unspecified atom stereocenters. The first-order valence-corrected chi connectivity index (χ1v) is 6.84. The van der Waals surface area contributed by atoms with Gasteiger partial charge >= 0.3 is 0 Å². The molecule has 19 heavy (non-hydrogen) atoms. The summed E-state index contributed by atoms with van der Waals surface area (Å²) in [5, 5.41) is 14.5. The minimum Gasteiger partial charge on any atom is -0.387 e. The van der Waals surface area contributed by atoms with E-state index in [9.17, 15) is 4.79 Å². The van der Waals surface area contributed by atoms with Crippen molar-refractivity contribution in [2.45, 2.75) is 46.1 Å². The van der Waals surface area contributed by atoms with Gasteiger partial charge in [0.1, 0.15) is 11.6 Å². The molecule has 0 spiro atoms. The van der Waals surface area contributed by atoms with Crippen molar-refractivity contribution in [1.29, 1.82) is 5.26 Å². The van der Waals surface area contributed by atoms with Gasteiger partial charge in [-0.05, 0) is 26.7 Å². The molecular weight excluding hydrogens is 242 g/mol. The third-order valence-electron chi connectivity index (χ3n) is 2.32. The summed E-state index contributed by atoms with van der Waals surface area (Å²) in [5.74, 6) is -0.343. The first-order valence-electron chi connectivity index (χ1n) is 6.84. The van der Waals surface area contributed by atoms with Crippen LogP contribution in [-0.2, 0) is 9.53 Å². The Hall–Kier alpha value is -1.54. The van der Waals surface area contributed by atoms with Crippen molar-refractivity contribution in [2.75, 3.05) is 19.8 Å². The van der Waals surface area contributed by atoms with Gasteiger partial charge in [-0.25, -0.2) is 0 Å². The number of nitrogens with zero attached hydrogens (tertiary/aromatic N) is 1. The van der Waals surface area contributed by atoms with Gasteiger partial charge in [0.2, 0.25) is 0 Å². The SMILES string of the molecule is CCCCOCCCNC(=O)/C(C#N)=C\NC(C)C. The average Bonchev–Trinajstić information content (AvgIpc) is 2.38. The summed E-state index contributed by atoms with van der Waals surface area (Å²) < 4.78 is 5.38. The van der Waals surface area contributed by atoms with E-state index in [2.05, 4.69) is 17.6 Å². The van der Waals surface area contributed by atoms with Crippen LogP contribution in [0.2, 0.25) is 0 Å². The maximum atomic E-state index is 11.6. The zero-order valence-corrected chi connectivity index (χ0v) is 12.2. The Bertz CT molecular complexity index is 319. The van der Waals surface area contributed by atoms with Gasteiger partial charge in [-0.1, -0.05) is 13.3 Å². The van der Waals surface area contributed by atoms with Crippen LogP contribution < -0.4 is 10.6 Å². The second-order valence-electron chi connectivity index (χ2n) is 4.57. The Balaban J connectivity index is 3.78. The summed E-state index contributed by atoms with van der Waals surface area (Å²) in [6, 6.07) is 2.08. The molecule has 0 aromatic rings. The van der Waals surface area contributed by atoms with Crippen LogP contribution in [0.3, 0.4) is 0 Å². The number of carbonyl (C=O) groups is 1. The third kappa shape index (κ3) is 10.1. The second-order valence-corrected chi connectivity index (χ2v) is 4.57. The van der Waals surface area contributed by atoms with Crippen LogP contribution in [0, 0.1) is 11.3 Å². The quantitative estimate of drug-likeness (QED) is 0.359.